The van der Waals surface area contributed by atoms with E-state index in [0.717, 1.165) is 22.4 Å². The molecule has 4 rings (SSSR count). The first kappa shape index (κ1) is 22.3. The first-order valence-corrected chi connectivity index (χ1v) is 10.9. The lowest BCUT2D eigenvalue weighted by Gasteiger charge is -2.09. The summed E-state index contributed by atoms with van der Waals surface area (Å²) in [6.45, 7) is 3.33. The number of aromatic nitrogens is 4. The van der Waals surface area contributed by atoms with E-state index in [1.807, 2.05) is 55.5 Å². The lowest BCUT2D eigenvalue weighted by molar-refractivity contribution is -0.121. The van der Waals surface area contributed by atoms with Gasteiger partial charge in [0.1, 0.15) is 17.5 Å². The zero-order valence-corrected chi connectivity index (χ0v) is 18.8. The molecule has 1 amide bonds. The molecule has 0 radical (unpaired) electrons. The predicted octanol–water partition coefficient (Wildman–Crippen LogP) is 2.71. The van der Waals surface area contributed by atoms with Gasteiger partial charge < -0.3 is 10.1 Å². The number of carbonyl (C=O) groups is 1. The number of carbonyl (C=O) groups excluding carboxylic acids is 1. The second-order valence-corrected chi connectivity index (χ2v) is 7.91. The number of nitrogens with zero attached hydrogens (tertiary/aromatic N) is 4. The molecule has 0 saturated heterocycles. The number of fused-ring (bicyclic) bond motifs is 1. The fourth-order valence-corrected chi connectivity index (χ4v) is 3.68. The molecule has 0 unspecified atom stereocenters. The number of hydrogen-bond donors (Lipinski definition) is 1. The second kappa shape index (κ2) is 10.1. The average Bonchev–Trinajstić information content (AvgIpc) is 3.25. The maximum absolute atomic E-state index is 12.9. The Labute approximate surface area is 191 Å². The van der Waals surface area contributed by atoms with Crippen molar-refractivity contribution in [2.75, 3.05) is 13.7 Å². The fraction of sp³-hybridized carbons (Fsp3) is 0.280. The molecule has 0 spiro atoms. The standard InChI is InChI=1S/C25H27N5O3/c1-18-5-3-4-6-20(18)16-29-17-27-24-22(25(29)32)15-28-30(24)14-13-26-23(31)12-9-19-7-10-21(33-2)11-8-19/h3-8,10-11,15,17H,9,12-14,16H2,1-2H3,(H,26,31). The van der Waals surface area contributed by atoms with Gasteiger partial charge in [0.2, 0.25) is 5.91 Å². The van der Waals surface area contributed by atoms with Crippen LogP contribution in [-0.4, -0.2) is 38.9 Å². The largest absolute Gasteiger partial charge is 0.497 e. The van der Waals surface area contributed by atoms with Crippen LogP contribution in [0.5, 0.6) is 5.75 Å². The van der Waals surface area contributed by atoms with Crippen LogP contribution >= 0.6 is 0 Å². The number of methoxy groups -OCH3 is 1. The molecule has 4 aromatic rings. The summed E-state index contributed by atoms with van der Waals surface area (Å²) in [4.78, 5) is 29.5. The van der Waals surface area contributed by atoms with Crippen molar-refractivity contribution in [2.24, 2.45) is 0 Å². The summed E-state index contributed by atoms with van der Waals surface area (Å²) in [5, 5.41) is 7.68. The lowest BCUT2D eigenvalue weighted by Crippen LogP contribution is -2.28. The molecule has 170 valence electrons. The van der Waals surface area contributed by atoms with Crippen LogP contribution in [0.15, 0.2) is 65.8 Å². The summed E-state index contributed by atoms with van der Waals surface area (Å²) in [5.41, 5.74) is 3.68. The molecule has 2 heterocycles. The van der Waals surface area contributed by atoms with Crippen LogP contribution < -0.4 is 15.6 Å². The van der Waals surface area contributed by atoms with Crippen LogP contribution in [0, 0.1) is 6.92 Å². The topological polar surface area (TPSA) is 91.0 Å². The monoisotopic (exact) mass is 445 g/mol. The molecule has 0 aliphatic carbocycles. The van der Waals surface area contributed by atoms with Crippen molar-refractivity contribution in [1.29, 1.82) is 0 Å². The van der Waals surface area contributed by atoms with Gasteiger partial charge in [0.05, 0.1) is 26.4 Å². The number of rotatable bonds is 9. The van der Waals surface area contributed by atoms with Crippen LogP contribution in [0.25, 0.3) is 11.0 Å². The third kappa shape index (κ3) is 5.28. The molecular formula is C25H27N5O3. The highest BCUT2D eigenvalue weighted by atomic mass is 16.5. The number of benzene rings is 2. The van der Waals surface area contributed by atoms with Gasteiger partial charge in [0, 0.05) is 13.0 Å². The smallest absolute Gasteiger partial charge is 0.264 e. The Bertz CT molecular complexity index is 1310. The van der Waals surface area contributed by atoms with Gasteiger partial charge >= 0.3 is 0 Å². The number of ether oxygens (including phenoxy) is 1. The van der Waals surface area contributed by atoms with E-state index in [1.165, 1.54) is 0 Å². The summed E-state index contributed by atoms with van der Waals surface area (Å²) in [7, 11) is 1.63. The number of amides is 1. The van der Waals surface area contributed by atoms with Gasteiger partial charge in [0.15, 0.2) is 5.65 Å². The first-order valence-electron chi connectivity index (χ1n) is 10.9. The van der Waals surface area contributed by atoms with E-state index in [0.29, 0.717) is 43.5 Å². The van der Waals surface area contributed by atoms with Crippen molar-refractivity contribution in [3.8, 4) is 5.75 Å². The zero-order valence-electron chi connectivity index (χ0n) is 18.8. The van der Waals surface area contributed by atoms with Gasteiger partial charge in [0.25, 0.3) is 5.56 Å². The fourth-order valence-electron chi connectivity index (χ4n) is 3.68. The SMILES string of the molecule is COc1ccc(CCC(=O)NCCn2ncc3c(=O)n(Cc4ccccc4C)cnc32)cc1. The van der Waals surface area contributed by atoms with Crippen LogP contribution in [0.1, 0.15) is 23.1 Å². The van der Waals surface area contributed by atoms with E-state index in [4.69, 9.17) is 4.74 Å². The Morgan fingerprint density at radius 3 is 2.67 bits per heavy atom. The van der Waals surface area contributed by atoms with Gasteiger partial charge in [-0.1, -0.05) is 36.4 Å². The highest BCUT2D eigenvalue weighted by Crippen LogP contribution is 2.13. The quantitative estimate of drug-likeness (QED) is 0.428. The lowest BCUT2D eigenvalue weighted by atomic mass is 10.1. The number of aryl methyl sites for hydroxylation is 2. The van der Waals surface area contributed by atoms with E-state index in [2.05, 4.69) is 15.4 Å². The minimum Gasteiger partial charge on any atom is -0.497 e. The molecule has 8 heteroatoms. The molecule has 8 nitrogen and oxygen atoms in total. The summed E-state index contributed by atoms with van der Waals surface area (Å²) < 4.78 is 8.39. The zero-order chi connectivity index (χ0) is 23.2. The molecule has 2 aromatic heterocycles. The summed E-state index contributed by atoms with van der Waals surface area (Å²) in [5.74, 6) is 0.765. The highest BCUT2D eigenvalue weighted by Gasteiger charge is 2.11. The summed E-state index contributed by atoms with van der Waals surface area (Å²) >= 11 is 0. The minimum absolute atomic E-state index is 0.0316. The summed E-state index contributed by atoms with van der Waals surface area (Å²) in [6, 6.07) is 15.7. The van der Waals surface area contributed by atoms with E-state index < -0.39 is 0 Å². The van der Waals surface area contributed by atoms with Crippen molar-refractivity contribution in [3.05, 3.63) is 88.1 Å². The van der Waals surface area contributed by atoms with Gasteiger partial charge in [-0.25, -0.2) is 9.67 Å². The Balaban J connectivity index is 1.33. The minimum atomic E-state index is -0.127. The van der Waals surface area contributed by atoms with E-state index >= 15 is 0 Å². The van der Waals surface area contributed by atoms with Crippen molar-refractivity contribution < 1.29 is 9.53 Å². The Hall–Kier alpha value is -3.94. The average molecular weight is 446 g/mol. The van der Waals surface area contributed by atoms with Gasteiger partial charge in [-0.05, 0) is 42.2 Å². The van der Waals surface area contributed by atoms with E-state index in [-0.39, 0.29) is 11.5 Å². The Morgan fingerprint density at radius 2 is 1.91 bits per heavy atom. The molecular weight excluding hydrogens is 418 g/mol. The molecule has 0 bridgehead atoms. The third-order valence-corrected chi connectivity index (χ3v) is 5.67. The molecule has 33 heavy (non-hydrogen) atoms. The molecule has 1 N–H and O–H groups in total. The van der Waals surface area contributed by atoms with Gasteiger partial charge in [-0.2, -0.15) is 5.10 Å². The maximum Gasteiger partial charge on any atom is 0.264 e. The second-order valence-electron chi connectivity index (χ2n) is 7.91. The van der Waals surface area contributed by atoms with Gasteiger partial charge in [-0.15, -0.1) is 0 Å². The van der Waals surface area contributed by atoms with Gasteiger partial charge in [-0.3, -0.25) is 14.2 Å². The van der Waals surface area contributed by atoms with Crippen molar-refractivity contribution in [2.45, 2.75) is 32.9 Å². The first-order chi connectivity index (χ1) is 16.0. The third-order valence-electron chi connectivity index (χ3n) is 5.67. The number of hydrogen-bond acceptors (Lipinski definition) is 5. The molecule has 0 fully saturated rings. The molecule has 0 aliphatic heterocycles. The molecule has 0 aliphatic rings. The van der Waals surface area contributed by atoms with Crippen LogP contribution in [0.3, 0.4) is 0 Å². The van der Waals surface area contributed by atoms with Crippen LogP contribution in [-0.2, 0) is 24.3 Å². The number of nitrogens with one attached hydrogen (secondary N) is 1. The highest BCUT2D eigenvalue weighted by molar-refractivity contribution is 5.76. The van der Waals surface area contributed by atoms with E-state index in [1.54, 1.807) is 28.9 Å². The normalized spacial score (nSPS) is 11.0. The van der Waals surface area contributed by atoms with Crippen molar-refractivity contribution in [3.63, 3.8) is 0 Å². The molecule has 2 aromatic carbocycles. The maximum atomic E-state index is 12.9. The predicted molar refractivity (Wildman–Crippen MR) is 126 cm³/mol. The Morgan fingerprint density at radius 1 is 1.12 bits per heavy atom. The summed E-state index contributed by atoms with van der Waals surface area (Å²) in [6.07, 6.45) is 4.16. The van der Waals surface area contributed by atoms with Crippen LogP contribution in [0.2, 0.25) is 0 Å². The van der Waals surface area contributed by atoms with E-state index in [9.17, 15) is 9.59 Å². The van der Waals surface area contributed by atoms with Crippen molar-refractivity contribution in [1.82, 2.24) is 24.6 Å². The van der Waals surface area contributed by atoms with Crippen LogP contribution in [0.4, 0.5) is 0 Å². The Kier molecular flexibility index (Phi) is 6.83. The molecule has 0 saturated carbocycles. The molecule has 0 atom stereocenters. The van der Waals surface area contributed by atoms with Crippen molar-refractivity contribution >= 4 is 16.9 Å².